The number of hydrogen-bond donors (Lipinski definition) is 1. The van der Waals surface area contributed by atoms with Crippen LogP contribution in [0.2, 0.25) is 0 Å². The van der Waals surface area contributed by atoms with Crippen molar-refractivity contribution in [2.24, 2.45) is 17.8 Å². The first-order chi connectivity index (χ1) is 15.4. The standard InChI is InChI=1S/C24H33N7O/c1-16(2)15-18-5-7-19(8-6-18)23(17(3)4)25-24(32)20-11-13-30(14-12-20)22-10-9-21-26-28-29-31(21)27-22/h5-10,16-17,20,23H,11-15H2,1-4H3,(H,25,32). The molecule has 1 unspecified atom stereocenters. The Kier molecular flexibility index (Phi) is 6.67. The van der Waals surface area contributed by atoms with Gasteiger partial charge in [0.2, 0.25) is 5.91 Å². The number of carbonyl (C=O) groups is 1. The number of nitrogens with zero attached hydrogens (tertiary/aromatic N) is 6. The number of benzene rings is 1. The van der Waals surface area contributed by atoms with Crippen LogP contribution in [0, 0.1) is 17.8 Å². The summed E-state index contributed by atoms with van der Waals surface area (Å²) in [6.45, 7) is 10.4. The fourth-order valence-corrected chi connectivity index (χ4v) is 4.42. The van der Waals surface area contributed by atoms with E-state index in [-0.39, 0.29) is 17.9 Å². The highest BCUT2D eigenvalue weighted by molar-refractivity contribution is 5.79. The molecule has 8 heteroatoms. The minimum Gasteiger partial charge on any atom is -0.355 e. The van der Waals surface area contributed by atoms with Gasteiger partial charge in [0.1, 0.15) is 0 Å². The van der Waals surface area contributed by atoms with Crippen LogP contribution in [0.3, 0.4) is 0 Å². The lowest BCUT2D eigenvalue weighted by Gasteiger charge is -2.33. The predicted octanol–water partition coefficient (Wildman–Crippen LogP) is 3.45. The first kappa shape index (κ1) is 22.2. The molecule has 1 atom stereocenters. The maximum Gasteiger partial charge on any atom is 0.223 e. The summed E-state index contributed by atoms with van der Waals surface area (Å²) in [6, 6.07) is 12.6. The zero-order chi connectivity index (χ0) is 22.7. The smallest absolute Gasteiger partial charge is 0.223 e. The van der Waals surface area contributed by atoms with Crippen LogP contribution in [0.1, 0.15) is 57.7 Å². The van der Waals surface area contributed by atoms with Crippen molar-refractivity contribution in [2.75, 3.05) is 18.0 Å². The molecule has 3 heterocycles. The second-order valence-electron chi connectivity index (χ2n) is 9.55. The number of anilines is 1. The number of tetrazole rings is 1. The Labute approximate surface area is 189 Å². The van der Waals surface area contributed by atoms with Crippen LogP contribution in [0.25, 0.3) is 5.65 Å². The van der Waals surface area contributed by atoms with Gasteiger partial charge < -0.3 is 10.2 Å². The highest BCUT2D eigenvalue weighted by atomic mass is 16.2. The Balaban J connectivity index is 1.36. The third kappa shape index (κ3) is 5.06. The molecule has 1 aliphatic rings. The highest BCUT2D eigenvalue weighted by Gasteiger charge is 2.28. The van der Waals surface area contributed by atoms with E-state index in [0.717, 1.165) is 38.2 Å². The van der Waals surface area contributed by atoms with Gasteiger partial charge in [0.15, 0.2) is 11.5 Å². The van der Waals surface area contributed by atoms with Gasteiger partial charge in [0.05, 0.1) is 6.04 Å². The molecular formula is C24H33N7O. The summed E-state index contributed by atoms with van der Waals surface area (Å²) in [5.74, 6) is 1.97. The predicted molar refractivity (Wildman–Crippen MR) is 124 cm³/mol. The lowest BCUT2D eigenvalue weighted by Crippen LogP contribution is -2.42. The molecule has 2 aromatic heterocycles. The number of amides is 1. The van der Waals surface area contributed by atoms with Gasteiger partial charge in [-0.2, -0.15) is 0 Å². The Hall–Kier alpha value is -3.03. The quantitative estimate of drug-likeness (QED) is 0.612. The molecule has 32 heavy (non-hydrogen) atoms. The lowest BCUT2D eigenvalue weighted by atomic mass is 9.91. The van der Waals surface area contributed by atoms with E-state index in [1.54, 1.807) is 0 Å². The van der Waals surface area contributed by atoms with E-state index in [1.807, 2.05) is 12.1 Å². The molecule has 1 amide bonds. The van der Waals surface area contributed by atoms with E-state index in [1.165, 1.54) is 15.8 Å². The summed E-state index contributed by atoms with van der Waals surface area (Å²) in [5.41, 5.74) is 3.15. The number of aromatic nitrogens is 5. The summed E-state index contributed by atoms with van der Waals surface area (Å²) < 4.78 is 1.44. The Morgan fingerprint density at radius 2 is 1.78 bits per heavy atom. The van der Waals surface area contributed by atoms with Crippen LogP contribution in [-0.4, -0.2) is 44.3 Å². The molecule has 170 valence electrons. The Morgan fingerprint density at radius 1 is 1.06 bits per heavy atom. The average Bonchev–Trinajstić information content (AvgIpc) is 3.25. The van der Waals surface area contributed by atoms with Crippen molar-refractivity contribution in [3.05, 3.63) is 47.5 Å². The van der Waals surface area contributed by atoms with E-state index >= 15 is 0 Å². The third-order valence-corrected chi connectivity index (χ3v) is 6.19. The van der Waals surface area contributed by atoms with Crippen LogP contribution in [-0.2, 0) is 11.2 Å². The van der Waals surface area contributed by atoms with Crippen molar-refractivity contribution < 1.29 is 4.79 Å². The summed E-state index contributed by atoms with van der Waals surface area (Å²) in [7, 11) is 0. The first-order valence-electron chi connectivity index (χ1n) is 11.6. The molecular weight excluding hydrogens is 402 g/mol. The first-order valence-corrected chi connectivity index (χ1v) is 11.6. The molecule has 1 aliphatic heterocycles. The molecule has 8 nitrogen and oxygen atoms in total. The molecule has 3 aromatic rings. The molecule has 0 saturated carbocycles. The molecule has 1 fully saturated rings. The van der Waals surface area contributed by atoms with Gasteiger partial charge in [-0.3, -0.25) is 4.79 Å². The normalized spacial score (nSPS) is 16.1. The van der Waals surface area contributed by atoms with Gasteiger partial charge in [0, 0.05) is 19.0 Å². The maximum atomic E-state index is 13.1. The third-order valence-electron chi connectivity index (χ3n) is 6.19. The molecule has 0 radical (unpaired) electrons. The summed E-state index contributed by atoms with van der Waals surface area (Å²) >= 11 is 0. The monoisotopic (exact) mass is 435 g/mol. The van der Waals surface area contributed by atoms with Crippen molar-refractivity contribution in [3.63, 3.8) is 0 Å². The fraction of sp³-hybridized carbons (Fsp3) is 0.542. The van der Waals surface area contributed by atoms with Gasteiger partial charge in [-0.25, -0.2) is 0 Å². The number of fused-ring (bicyclic) bond motifs is 1. The average molecular weight is 436 g/mol. The van der Waals surface area contributed by atoms with Gasteiger partial charge in [-0.05, 0) is 64.8 Å². The summed E-state index contributed by atoms with van der Waals surface area (Å²) in [6.07, 6.45) is 2.69. The van der Waals surface area contributed by atoms with Crippen molar-refractivity contribution in [3.8, 4) is 0 Å². The van der Waals surface area contributed by atoms with Crippen LogP contribution in [0.5, 0.6) is 0 Å². The SMILES string of the molecule is CC(C)Cc1ccc(C(NC(=O)C2CCN(c3ccc4nnnn4n3)CC2)C(C)C)cc1. The van der Waals surface area contributed by atoms with Crippen molar-refractivity contribution in [2.45, 2.75) is 53.0 Å². The largest absolute Gasteiger partial charge is 0.355 e. The van der Waals surface area contributed by atoms with Gasteiger partial charge in [-0.1, -0.05) is 52.0 Å². The number of nitrogens with one attached hydrogen (secondary N) is 1. The zero-order valence-corrected chi connectivity index (χ0v) is 19.4. The van der Waals surface area contributed by atoms with Crippen molar-refractivity contribution >= 4 is 17.4 Å². The van der Waals surface area contributed by atoms with Crippen LogP contribution >= 0.6 is 0 Å². The lowest BCUT2D eigenvalue weighted by molar-refractivity contribution is -0.126. The summed E-state index contributed by atoms with van der Waals surface area (Å²) in [5, 5.41) is 19.2. The van der Waals surface area contributed by atoms with E-state index < -0.39 is 0 Å². The Morgan fingerprint density at radius 3 is 2.44 bits per heavy atom. The van der Waals surface area contributed by atoms with E-state index in [9.17, 15) is 4.79 Å². The second kappa shape index (κ2) is 9.63. The van der Waals surface area contributed by atoms with Crippen LogP contribution in [0.4, 0.5) is 5.82 Å². The second-order valence-corrected chi connectivity index (χ2v) is 9.55. The van der Waals surface area contributed by atoms with E-state index in [0.29, 0.717) is 17.5 Å². The minimum atomic E-state index is 0.0180. The molecule has 1 aromatic carbocycles. The molecule has 1 saturated heterocycles. The number of rotatable bonds is 7. The maximum absolute atomic E-state index is 13.1. The van der Waals surface area contributed by atoms with E-state index in [4.69, 9.17) is 0 Å². The topological polar surface area (TPSA) is 88.3 Å². The molecule has 0 aliphatic carbocycles. The van der Waals surface area contributed by atoms with Crippen molar-refractivity contribution in [1.82, 2.24) is 30.6 Å². The molecule has 4 rings (SSSR count). The van der Waals surface area contributed by atoms with Gasteiger partial charge in [-0.15, -0.1) is 14.8 Å². The molecule has 0 bridgehead atoms. The number of carbonyl (C=O) groups excluding carboxylic acids is 1. The van der Waals surface area contributed by atoms with Crippen LogP contribution in [0.15, 0.2) is 36.4 Å². The van der Waals surface area contributed by atoms with E-state index in [2.05, 4.69) is 82.8 Å². The highest BCUT2D eigenvalue weighted by Crippen LogP contribution is 2.26. The van der Waals surface area contributed by atoms with Crippen molar-refractivity contribution in [1.29, 1.82) is 0 Å². The molecule has 0 spiro atoms. The zero-order valence-electron chi connectivity index (χ0n) is 19.4. The Bertz CT molecular complexity index is 1040. The number of hydrogen-bond acceptors (Lipinski definition) is 6. The molecule has 1 N–H and O–H groups in total. The number of piperidine rings is 1. The van der Waals surface area contributed by atoms with Crippen LogP contribution < -0.4 is 10.2 Å². The van der Waals surface area contributed by atoms with Gasteiger partial charge >= 0.3 is 0 Å². The van der Waals surface area contributed by atoms with Gasteiger partial charge in [0.25, 0.3) is 0 Å². The fourth-order valence-electron chi connectivity index (χ4n) is 4.42. The minimum absolute atomic E-state index is 0.0180. The summed E-state index contributed by atoms with van der Waals surface area (Å²) in [4.78, 5) is 15.3.